The summed E-state index contributed by atoms with van der Waals surface area (Å²) in [5.41, 5.74) is -0.0850. The third-order valence-electron chi connectivity index (χ3n) is 6.01. The minimum atomic E-state index is -4.62. The van der Waals surface area contributed by atoms with E-state index in [1.165, 1.54) is 12.1 Å². The van der Waals surface area contributed by atoms with Crippen molar-refractivity contribution in [1.82, 2.24) is 19.7 Å². The topological polar surface area (TPSA) is 88.3 Å². The summed E-state index contributed by atoms with van der Waals surface area (Å²) >= 11 is 0. The number of Topliss-reactive ketones (excluding diaryl/α,β-unsaturated/α-hetero) is 1. The largest absolute Gasteiger partial charge is 0.433 e. The fourth-order valence-corrected chi connectivity index (χ4v) is 4.35. The molecule has 1 atom stereocenters. The number of amides is 1. The second-order valence-corrected chi connectivity index (χ2v) is 8.47. The molecule has 0 bridgehead atoms. The van der Waals surface area contributed by atoms with Gasteiger partial charge in [0.1, 0.15) is 17.9 Å². The lowest BCUT2D eigenvalue weighted by atomic mass is 9.99. The van der Waals surface area contributed by atoms with Gasteiger partial charge in [-0.1, -0.05) is 12.1 Å². The van der Waals surface area contributed by atoms with E-state index < -0.39 is 17.7 Å². The molecule has 1 aliphatic rings. The molecule has 4 rings (SSSR count). The summed E-state index contributed by atoms with van der Waals surface area (Å²) in [7, 11) is 0. The van der Waals surface area contributed by atoms with Crippen molar-refractivity contribution in [3.05, 3.63) is 59.5 Å². The van der Waals surface area contributed by atoms with E-state index in [-0.39, 0.29) is 37.2 Å². The molecule has 3 heterocycles. The number of aliphatic hydroxyl groups excluding tert-OH is 1. The molecule has 10 heteroatoms. The van der Waals surface area contributed by atoms with Gasteiger partial charge in [-0.3, -0.25) is 14.3 Å². The van der Waals surface area contributed by atoms with E-state index in [0.29, 0.717) is 24.0 Å². The van der Waals surface area contributed by atoms with Crippen molar-refractivity contribution in [3.63, 3.8) is 0 Å². The van der Waals surface area contributed by atoms with Gasteiger partial charge in [0.15, 0.2) is 5.78 Å². The molecule has 1 amide bonds. The highest BCUT2D eigenvalue weighted by Crippen LogP contribution is 2.27. The zero-order valence-corrected chi connectivity index (χ0v) is 18.5. The Morgan fingerprint density at radius 2 is 1.97 bits per heavy atom. The van der Waals surface area contributed by atoms with E-state index in [9.17, 15) is 27.9 Å². The molecule has 180 valence electrons. The number of piperidine rings is 1. The molecule has 7 nitrogen and oxygen atoms in total. The van der Waals surface area contributed by atoms with Crippen LogP contribution >= 0.6 is 0 Å². The number of aromatic nitrogens is 3. The summed E-state index contributed by atoms with van der Waals surface area (Å²) in [6, 6.07) is 8.45. The lowest BCUT2D eigenvalue weighted by Gasteiger charge is -2.35. The van der Waals surface area contributed by atoms with Gasteiger partial charge in [0.2, 0.25) is 5.91 Å². The highest BCUT2D eigenvalue weighted by molar-refractivity contribution is 5.96. The van der Waals surface area contributed by atoms with Gasteiger partial charge in [0.05, 0.1) is 5.52 Å². The fraction of sp³-hybridized carbons (Fsp3) is 0.417. The monoisotopic (exact) mass is 474 g/mol. The van der Waals surface area contributed by atoms with Crippen molar-refractivity contribution in [3.8, 4) is 0 Å². The average Bonchev–Trinajstić information content (AvgIpc) is 3.20. The molecule has 0 spiro atoms. The first-order valence-corrected chi connectivity index (χ1v) is 11.2. The van der Waals surface area contributed by atoms with Gasteiger partial charge in [-0.2, -0.15) is 18.3 Å². The van der Waals surface area contributed by atoms with Crippen LogP contribution in [0.15, 0.2) is 42.6 Å². The van der Waals surface area contributed by atoms with Crippen LogP contribution in [0.25, 0.3) is 10.9 Å². The van der Waals surface area contributed by atoms with Crippen molar-refractivity contribution < 1.29 is 27.9 Å². The predicted molar refractivity (Wildman–Crippen MR) is 118 cm³/mol. The second kappa shape index (κ2) is 9.92. The number of hydrogen-bond acceptors (Lipinski definition) is 5. The van der Waals surface area contributed by atoms with Gasteiger partial charge < -0.3 is 10.0 Å². The summed E-state index contributed by atoms with van der Waals surface area (Å²) in [4.78, 5) is 30.6. The van der Waals surface area contributed by atoms with Crippen LogP contribution in [0.3, 0.4) is 0 Å². The summed E-state index contributed by atoms with van der Waals surface area (Å²) < 4.78 is 40.2. The van der Waals surface area contributed by atoms with Crippen LogP contribution in [0, 0.1) is 0 Å². The summed E-state index contributed by atoms with van der Waals surface area (Å²) in [6.07, 6.45) is 0.411. The number of halogens is 3. The Bertz CT molecular complexity index is 1190. The first kappa shape index (κ1) is 23.9. The molecule has 1 unspecified atom stereocenters. The number of aliphatic hydroxyl groups is 1. The van der Waals surface area contributed by atoms with Gasteiger partial charge in [0, 0.05) is 37.2 Å². The smallest absolute Gasteiger partial charge is 0.396 e. The van der Waals surface area contributed by atoms with E-state index in [1.807, 2.05) is 4.90 Å². The maximum absolute atomic E-state index is 12.9. The van der Waals surface area contributed by atoms with Gasteiger partial charge in [0.25, 0.3) is 0 Å². The second-order valence-electron chi connectivity index (χ2n) is 8.47. The molecule has 2 aromatic heterocycles. The van der Waals surface area contributed by atoms with E-state index in [4.69, 9.17) is 0 Å². The van der Waals surface area contributed by atoms with Crippen LogP contribution in [0.2, 0.25) is 0 Å². The number of carbonyl (C=O) groups excluding carboxylic acids is 2. The number of alkyl halides is 3. The van der Waals surface area contributed by atoms with Crippen molar-refractivity contribution >= 4 is 22.6 Å². The van der Waals surface area contributed by atoms with Gasteiger partial charge in [-0.05, 0) is 55.5 Å². The van der Waals surface area contributed by atoms with E-state index >= 15 is 0 Å². The van der Waals surface area contributed by atoms with Crippen LogP contribution in [0.5, 0.6) is 0 Å². The molecular weight excluding hydrogens is 449 g/mol. The highest BCUT2D eigenvalue weighted by Gasteiger charge is 2.33. The number of hydrogen-bond donors (Lipinski definition) is 1. The molecule has 0 saturated carbocycles. The van der Waals surface area contributed by atoms with Crippen molar-refractivity contribution in [2.75, 3.05) is 13.2 Å². The predicted octanol–water partition coefficient (Wildman–Crippen LogP) is 3.64. The maximum Gasteiger partial charge on any atom is 0.433 e. The Kier molecular flexibility index (Phi) is 6.97. The standard InChI is InChI=1S/C24H25F3N4O3/c25-24(26,27)22-6-3-5-20(28-22)21(33)13-16-7-8-19-17(12-16)14-30(29-19)15-23(34)31-10-2-1-4-18(31)9-11-32/h3,5-8,12,14,18,32H,1-2,4,9-11,13,15H2. The number of rotatable bonds is 7. The zero-order valence-electron chi connectivity index (χ0n) is 18.5. The summed E-state index contributed by atoms with van der Waals surface area (Å²) in [5.74, 6) is -0.579. The Morgan fingerprint density at radius 1 is 1.15 bits per heavy atom. The van der Waals surface area contributed by atoms with Gasteiger partial charge in [-0.15, -0.1) is 0 Å². The van der Waals surface area contributed by atoms with Gasteiger partial charge >= 0.3 is 6.18 Å². The van der Waals surface area contributed by atoms with Gasteiger partial charge in [-0.25, -0.2) is 4.98 Å². The van der Waals surface area contributed by atoms with Crippen LogP contribution in [-0.2, 0) is 23.9 Å². The molecular formula is C24H25F3N4O3. The molecule has 0 radical (unpaired) electrons. The minimum Gasteiger partial charge on any atom is -0.396 e. The lowest BCUT2D eigenvalue weighted by molar-refractivity contribution is -0.141. The molecule has 34 heavy (non-hydrogen) atoms. The zero-order chi connectivity index (χ0) is 24.3. The molecule has 1 aliphatic heterocycles. The van der Waals surface area contributed by atoms with Crippen molar-refractivity contribution in [2.45, 2.75) is 50.9 Å². The molecule has 1 aromatic carbocycles. The number of likely N-dealkylation sites (tertiary alicyclic amines) is 1. The highest BCUT2D eigenvalue weighted by atomic mass is 19.4. The van der Waals surface area contributed by atoms with Crippen LogP contribution < -0.4 is 0 Å². The molecule has 1 saturated heterocycles. The van der Waals surface area contributed by atoms with Crippen molar-refractivity contribution in [2.24, 2.45) is 0 Å². The number of nitrogens with zero attached hydrogens (tertiary/aromatic N) is 4. The minimum absolute atomic E-state index is 0.0393. The number of carbonyl (C=O) groups is 2. The molecule has 0 aliphatic carbocycles. The van der Waals surface area contributed by atoms with E-state index in [0.717, 1.165) is 30.7 Å². The summed E-state index contributed by atoms with van der Waals surface area (Å²) in [6.45, 7) is 0.775. The van der Waals surface area contributed by atoms with Crippen LogP contribution in [-0.4, -0.2) is 55.7 Å². The molecule has 1 fully saturated rings. The normalized spacial score (nSPS) is 16.7. The van der Waals surface area contributed by atoms with Crippen molar-refractivity contribution in [1.29, 1.82) is 0 Å². The molecule has 3 aromatic rings. The first-order valence-electron chi connectivity index (χ1n) is 11.2. The van der Waals surface area contributed by atoms with Crippen LogP contribution in [0.4, 0.5) is 13.2 Å². The Hall–Kier alpha value is -3.27. The molecule has 1 N–H and O–H groups in total. The fourth-order valence-electron chi connectivity index (χ4n) is 4.35. The maximum atomic E-state index is 12.9. The third kappa shape index (κ3) is 5.44. The Labute approximate surface area is 194 Å². The third-order valence-corrected chi connectivity index (χ3v) is 6.01. The number of benzene rings is 1. The Balaban J connectivity index is 1.46. The first-order chi connectivity index (χ1) is 16.2. The van der Waals surface area contributed by atoms with E-state index in [1.54, 1.807) is 29.1 Å². The van der Waals surface area contributed by atoms with Crippen LogP contribution in [0.1, 0.15) is 47.4 Å². The number of fused-ring (bicyclic) bond motifs is 1. The lowest BCUT2D eigenvalue weighted by Crippen LogP contribution is -2.45. The quantitative estimate of drug-likeness (QED) is 0.529. The SMILES string of the molecule is O=C(Cc1ccc2nn(CC(=O)N3CCCCC3CCO)cc2c1)c1cccc(C(F)(F)F)n1. The number of pyridine rings is 1. The number of ketones is 1. The average molecular weight is 474 g/mol. The summed E-state index contributed by atoms with van der Waals surface area (Å²) in [5, 5.41) is 14.4. The van der Waals surface area contributed by atoms with E-state index in [2.05, 4.69) is 10.1 Å². The Morgan fingerprint density at radius 3 is 2.74 bits per heavy atom.